The molecule has 1 unspecified atom stereocenters. The first-order valence-electron chi connectivity index (χ1n) is 6.87. The van der Waals surface area contributed by atoms with Crippen LogP contribution < -0.4 is 5.32 Å². The molecular formula is C12H25N3O4S. The smallest absolute Gasteiger partial charge is 0.324 e. The van der Waals surface area contributed by atoms with Crippen molar-refractivity contribution in [1.82, 2.24) is 14.5 Å². The summed E-state index contributed by atoms with van der Waals surface area (Å²) in [6.45, 7) is 5.54. The third-order valence-electron chi connectivity index (χ3n) is 3.37. The molecule has 0 saturated carbocycles. The Hall–Kier alpha value is -0.700. The van der Waals surface area contributed by atoms with Crippen molar-refractivity contribution >= 4 is 16.0 Å². The molecule has 1 heterocycles. The first-order valence-corrected chi connectivity index (χ1v) is 8.72. The summed E-state index contributed by atoms with van der Waals surface area (Å²) in [5.41, 5.74) is 0. The normalized spacial score (nSPS) is 19.8. The second kappa shape index (κ2) is 7.92. The molecule has 0 bridgehead atoms. The first-order chi connectivity index (χ1) is 9.38. The van der Waals surface area contributed by atoms with E-state index >= 15 is 0 Å². The van der Waals surface area contributed by atoms with Gasteiger partial charge in [0.15, 0.2) is 0 Å². The van der Waals surface area contributed by atoms with Crippen LogP contribution in [-0.4, -0.2) is 82.3 Å². The van der Waals surface area contributed by atoms with Crippen LogP contribution in [0.5, 0.6) is 0 Å². The maximum Gasteiger partial charge on any atom is 0.324 e. The van der Waals surface area contributed by atoms with Gasteiger partial charge in [-0.15, -0.1) is 0 Å². The minimum Gasteiger partial charge on any atom is -0.468 e. The molecule has 1 fully saturated rings. The molecule has 1 rings (SSSR count). The van der Waals surface area contributed by atoms with Crippen LogP contribution >= 0.6 is 0 Å². The number of ether oxygens (including phenoxy) is 1. The molecule has 8 heteroatoms. The van der Waals surface area contributed by atoms with E-state index in [0.717, 1.165) is 13.0 Å². The van der Waals surface area contributed by atoms with Gasteiger partial charge in [-0.25, -0.2) is 8.42 Å². The summed E-state index contributed by atoms with van der Waals surface area (Å²) in [5, 5.41) is 3.16. The van der Waals surface area contributed by atoms with Crippen molar-refractivity contribution in [3.05, 3.63) is 0 Å². The van der Waals surface area contributed by atoms with Crippen LogP contribution in [0.1, 0.15) is 13.3 Å². The van der Waals surface area contributed by atoms with E-state index in [1.807, 2.05) is 6.92 Å². The zero-order valence-corrected chi connectivity index (χ0v) is 13.3. The summed E-state index contributed by atoms with van der Waals surface area (Å²) in [6, 6.07) is -0.357. The Morgan fingerprint density at radius 3 is 2.35 bits per heavy atom. The average molecular weight is 307 g/mol. The maximum absolute atomic E-state index is 11.7. The molecule has 0 aromatic heterocycles. The third-order valence-corrected chi connectivity index (χ3v) is 4.67. The molecule has 1 atom stereocenters. The molecule has 1 aliphatic heterocycles. The van der Waals surface area contributed by atoms with Crippen LogP contribution in [0.3, 0.4) is 0 Å². The Labute approximate surface area is 121 Å². The Kier molecular flexibility index (Phi) is 6.87. The second-order valence-electron chi connectivity index (χ2n) is 4.99. The Morgan fingerprint density at radius 2 is 1.90 bits per heavy atom. The standard InChI is InChI=1S/C12H25N3O4S/c1-4-5-13-11(12(16)19-2)10-14-6-8-15(9-7-14)20(3,17)18/h11,13H,4-10H2,1-3H3. The minimum absolute atomic E-state index is 0.274. The van der Waals surface area contributed by atoms with Gasteiger partial charge in [0.25, 0.3) is 0 Å². The highest BCUT2D eigenvalue weighted by atomic mass is 32.2. The van der Waals surface area contributed by atoms with E-state index in [9.17, 15) is 13.2 Å². The quantitative estimate of drug-likeness (QED) is 0.615. The average Bonchev–Trinajstić information content (AvgIpc) is 2.42. The summed E-state index contributed by atoms with van der Waals surface area (Å²) in [5.74, 6) is -0.274. The number of sulfonamides is 1. The highest BCUT2D eigenvalue weighted by molar-refractivity contribution is 7.88. The van der Waals surface area contributed by atoms with Gasteiger partial charge in [0.05, 0.1) is 13.4 Å². The monoisotopic (exact) mass is 307 g/mol. The van der Waals surface area contributed by atoms with Gasteiger partial charge >= 0.3 is 5.97 Å². The van der Waals surface area contributed by atoms with Crippen molar-refractivity contribution < 1.29 is 17.9 Å². The number of carbonyl (C=O) groups is 1. The van der Waals surface area contributed by atoms with Gasteiger partial charge in [-0.3, -0.25) is 9.69 Å². The lowest BCUT2D eigenvalue weighted by Crippen LogP contribution is -2.53. The zero-order valence-electron chi connectivity index (χ0n) is 12.5. The van der Waals surface area contributed by atoms with Gasteiger partial charge in [0.2, 0.25) is 10.0 Å². The summed E-state index contributed by atoms with van der Waals surface area (Å²) < 4.78 is 29.1. The largest absolute Gasteiger partial charge is 0.468 e. The number of piperazine rings is 1. The van der Waals surface area contributed by atoms with E-state index < -0.39 is 10.0 Å². The second-order valence-corrected chi connectivity index (χ2v) is 6.97. The summed E-state index contributed by atoms with van der Waals surface area (Å²) in [7, 11) is -1.73. The predicted octanol–water partition coefficient (Wildman–Crippen LogP) is -0.895. The highest BCUT2D eigenvalue weighted by Gasteiger charge is 2.27. The number of nitrogens with one attached hydrogen (secondary N) is 1. The first kappa shape index (κ1) is 17.4. The van der Waals surface area contributed by atoms with Gasteiger partial charge < -0.3 is 10.1 Å². The predicted molar refractivity (Wildman–Crippen MR) is 77.0 cm³/mol. The molecule has 0 spiro atoms. The Balaban J connectivity index is 2.49. The molecule has 1 N–H and O–H groups in total. The lowest BCUT2D eigenvalue weighted by atomic mass is 10.2. The van der Waals surface area contributed by atoms with Gasteiger partial charge in [0, 0.05) is 32.7 Å². The van der Waals surface area contributed by atoms with E-state index in [-0.39, 0.29) is 12.0 Å². The molecule has 0 radical (unpaired) electrons. The number of nitrogens with zero attached hydrogens (tertiary/aromatic N) is 2. The van der Waals surface area contributed by atoms with E-state index in [2.05, 4.69) is 10.2 Å². The molecule has 0 aliphatic carbocycles. The van der Waals surface area contributed by atoms with E-state index in [4.69, 9.17) is 4.74 Å². The fourth-order valence-corrected chi connectivity index (χ4v) is 3.01. The van der Waals surface area contributed by atoms with E-state index in [1.54, 1.807) is 0 Å². The van der Waals surface area contributed by atoms with Crippen LogP contribution in [-0.2, 0) is 19.6 Å². The zero-order chi connectivity index (χ0) is 15.2. The number of rotatable bonds is 7. The fraction of sp³-hybridized carbons (Fsp3) is 0.917. The number of hydrogen-bond acceptors (Lipinski definition) is 6. The van der Waals surface area contributed by atoms with E-state index in [0.29, 0.717) is 32.7 Å². The van der Waals surface area contributed by atoms with Crippen LogP contribution in [0.2, 0.25) is 0 Å². The maximum atomic E-state index is 11.7. The van der Waals surface area contributed by atoms with Gasteiger partial charge in [-0.1, -0.05) is 6.92 Å². The summed E-state index contributed by atoms with van der Waals surface area (Å²) in [6.07, 6.45) is 2.16. The highest BCUT2D eigenvalue weighted by Crippen LogP contribution is 2.07. The molecule has 7 nitrogen and oxygen atoms in total. The topological polar surface area (TPSA) is 79.0 Å². The SMILES string of the molecule is CCCNC(CN1CCN(S(C)(=O)=O)CC1)C(=O)OC. The Morgan fingerprint density at radius 1 is 1.30 bits per heavy atom. The summed E-state index contributed by atoms with van der Waals surface area (Å²) >= 11 is 0. The van der Waals surface area contributed by atoms with Crippen molar-refractivity contribution in [2.24, 2.45) is 0 Å². The van der Waals surface area contributed by atoms with Crippen molar-refractivity contribution in [3.63, 3.8) is 0 Å². The van der Waals surface area contributed by atoms with Crippen molar-refractivity contribution in [1.29, 1.82) is 0 Å². The number of carbonyl (C=O) groups excluding carboxylic acids is 1. The van der Waals surface area contributed by atoms with Crippen molar-refractivity contribution in [2.45, 2.75) is 19.4 Å². The van der Waals surface area contributed by atoms with Gasteiger partial charge in [0.1, 0.15) is 6.04 Å². The fourth-order valence-electron chi connectivity index (χ4n) is 2.19. The van der Waals surface area contributed by atoms with E-state index in [1.165, 1.54) is 17.7 Å². The van der Waals surface area contributed by atoms with Crippen LogP contribution in [0, 0.1) is 0 Å². The van der Waals surface area contributed by atoms with Crippen LogP contribution in [0.15, 0.2) is 0 Å². The number of esters is 1. The van der Waals surface area contributed by atoms with Crippen LogP contribution in [0.4, 0.5) is 0 Å². The third kappa shape index (κ3) is 5.35. The molecule has 0 aromatic rings. The Bertz CT molecular complexity index is 405. The minimum atomic E-state index is -3.11. The lowest BCUT2D eigenvalue weighted by Gasteiger charge is -2.34. The van der Waals surface area contributed by atoms with Gasteiger partial charge in [-0.05, 0) is 13.0 Å². The molecule has 1 aliphatic rings. The van der Waals surface area contributed by atoms with Crippen molar-refractivity contribution in [3.8, 4) is 0 Å². The molecule has 1 saturated heterocycles. The molecule has 118 valence electrons. The molecule has 20 heavy (non-hydrogen) atoms. The summed E-state index contributed by atoms with van der Waals surface area (Å²) in [4.78, 5) is 13.8. The van der Waals surface area contributed by atoms with Crippen molar-refractivity contribution in [2.75, 3.05) is 52.6 Å². The molecule has 0 aromatic carbocycles. The number of hydrogen-bond donors (Lipinski definition) is 1. The number of methoxy groups -OCH3 is 1. The van der Waals surface area contributed by atoms with Crippen LogP contribution in [0.25, 0.3) is 0 Å². The molecule has 0 amide bonds. The van der Waals surface area contributed by atoms with Gasteiger partial charge in [-0.2, -0.15) is 4.31 Å². The lowest BCUT2D eigenvalue weighted by molar-refractivity contribution is -0.143. The molecular weight excluding hydrogens is 282 g/mol.